The molecule has 100 valence electrons. The van der Waals surface area contributed by atoms with Gasteiger partial charge in [-0.15, -0.1) is 0 Å². The Hall–Kier alpha value is -2.08. The molecule has 0 N–H and O–H groups in total. The maximum Gasteiger partial charge on any atom is 0.0142 e. The molecule has 1 unspecified atom stereocenters. The summed E-state index contributed by atoms with van der Waals surface area (Å²) in [5.41, 5.74) is 16.4. The van der Waals surface area contributed by atoms with E-state index in [2.05, 4.69) is 60.7 Å². The Kier molecular flexibility index (Phi) is 5.37. The molecule has 3 rings (SSSR count). The molecule has 3 nitrogen and oxygen atoms in total. The fraction of sp³-hybridized carbons (Fsp3) is 0.188. The molecule has 20 heavy (non-hydrogen) atoms. The lowest BCUT2D eigenvalue weighted by molar-refractivity contribution is 0.878. The van der Waals surface area contributed by atoms with Crippen LogP contribution in [-0.4, -0.2) is 11.5 Å². The van der Waals surface area contributed by atoms with E-state index in [4.69, 9.17) is 11.1 Å². The van der Waals surface area contributed by atoms with E-state index in [1.54, 1.807) is 5.29 Å². The van der Waals surface area contributed by atoms with Crippen molar-refractivity contribution in [3.05, 3.63) is 87.8 Å². The Balaban J connectivity index is 0.000000452. The van der Waals surface area contributed by atoms with Gasteiger partial charge in [0.2, 0.25) is 0 Å². The summed E-state index contributed by atoms with van der Waals surface area (Å²) >= 11 is 0. The Bertz CT molecular complexity index is 602. The third kappa shape index (κ3) is 3.48. The molecular weight excluding hydrogens is 265 g/mol. The zero-order valence-corrected chi connectivity index (χ0v) is 11.9. The van der Waals surface area contributed by atoms with Crippen LogP contribution in [0.4, 0.5) is 0 Å². The Labute approximate surface area is 120 Å². The van der Waals surface area contributed by atoms with Gasteiger partial charge in [-0.2, -0.15) is 0 Å². The van der Waals surface area contributed by atoms with E-state index >= 15 is 0 Å². The summed E-state index contributed by atoms with van der Waals surface area (Å²) < 4.78 is 0. The van der Waals surface area contributed by atoms with Gasteiger partial charge in [0.15, 0.2) is 0 Å². The molecule has 0 spiro atoms. The summed E-state index contributed by atoms with van der Waals surface area (Å²) in [6.45, 7) is 0. The third-order valence-electron chi connectivity index (χ3n) is 3.30. The van der Waals surface area contributed by atoms with Gasteiger partial charge in [-0.05, 0) is 29.0 Å². The first kappa shape index (κ1) is 14.3. The molecule has 0 aromatic heterocycles. The average molecular weight is 280 g/mol. The summed E-state index contributed by atoms with van der Waals surface area (Å²) in [5, 5.41) is 1.59. The van der Waals surface area contributed by atoms with Gasteiger partial charge in [-0.3, -0.25) is 4.91 Å². The molecule has 1 aliphatic heterocycles. The van der Waals surface area contributed by atoms with E-state index in [1.807, 2.05) is 0 Å². The fourth-order valence-corrected chi connectivity index (χ4v) is 3.93. The molecule has 0 fully saturated rings. The lowest BCUT2D eigenvalue weighted by Crippen LogP contribution is -2.08. The molecule has 0 aliphatic carbocycles. The van der Waals surface area contributed by atoms with Crippen molar-refractivity contribution >= 4 is 13.5 Å². The molecule has 0 bridgehead atoms. The molecule has 1 aliphatic rings. The van der Waals surface area contributed by atoms with Crippen LogP contribution >= 0.6 is 8.20 Å². The van der Waals surface area contributed by atoms with Gasteiger partial charge in [0.25, 0.3) is 0 Å². The van der Waals surface area contributed by atoms with E-state index < -0.39 is 0 Å². The molecule has 2 aromatic rings. The topological polar surface area (TPSA) is 58.7 Å². The van der Waals surface area contributed by atoms with Crippen LogP contribution in [0.25, 0.3) is 16.0 Å². The summed E-state index contributed by atoms with van der Waals surface area (Å²) in [4.78, 5) is 1.50. The Morgan fingerprint density at radius 2 is 1.45 bits per heavy atom. The quantitative estimate of drug-likeness (QED) is 0.314. The van der Waals surface area contributed by atoms with Crippen molar-refractivity contribution in [2.45, 2.75) is 12.3 Å². The molecule has 4 heteroatoms. The van der Waals surface area contributed by atoms with Gasteiger partial charge in [-0.1, -0.05) is 68.9 Å². The van der Waals surface area contributed by atoms with Gasteiger partial charge in [0, 0.05) is 5.92 Å². The van der Waals surface area contributed by atoms with Crippen LogP contribution in [0.1, 0.15) is 23.5 Å². The predicted molar refractivity (Wildman–Crippen MR) is 86.2 cm³/mol. The monoisotopic (exact) mass is 280 g/mol. The highest BCUT2D eigenvalue weighted by Crippen LogP contribution is 2.35. The Morgan fingerprint density at radius 3 is 2.05 bits per heavy atom. The van der Waals surface area contributed by atoms with Gasteiger partial charge in [0.1, 0.15) is 0 Å². The molecule has 0 saturated heterocycles. The van der Waals surface area contributed by atoms with E-state index in [0.717, 1.165) is 0 Å². The second-order valence-electron chi connectivity index (χ2n) is 4.47. The lowest BCUT2D eigenvalue weighted by atomic mass is 9.90. The number of rotatable bonds is 2. The summed E-state index contributed by atoms with van der Waals surface area (Å²) in [6, 6.07) is 21.7. The molecule has 0 saturated carbocycles. The Morgan fingerprint density at radius 1 is 0.900 bits per heavy atom. The van der Waals surface area contributed by atoms with Crippen LogP contribution in [0.2, 0.25) is 0 Å². The minimum Gasteiger partial charge on any atom is -0.373 e. The molecule has 1 atom stereocenters. The highest BCUT2D eigenvalue weighted by molar-refractivity contribution is 7.42. The van der Waals surface area contributed by atoms with Crippen molar-refractivity contribution in [1.82, 2.24) is 0 Å². The second kappa shape index (κ2) is 7.49. The van der Waals surface area contributed by atoms with E-state index in [-0.39, 0.29) is 0 Å². The van der Waals surface area contributed by atoms with E-state index in [1.165, 1.54) is 36.8 Å². The summed E-state index contributed by atoms with van der Waals surface area (Å²) in [5.74, 6) is 0.625. The van der Waals surface area contributed by atoms with Crippen molar-refractivity contribution in [3.8, 4) is 0 Å². The predicted octanol–water partition coefficient (Wildman–Crippen LogP) is 5.21. The first-order valence-electron chi connectivity index (χ1n) is 6.50. The SMILES string of the molecule is [N-]=[N+]=[N-].c1ccc(C2=PCCC2c2ccccc2)cc1. The smallest absolute Gasteiger partial charge is 0.0142 e. The zero-order chi connectivity index (χ0) is 14.2. The minimum absolute atomic E-state index is 0.625. The van der Waals surface area contributed by atoms with Gasteiger partial charge < -0.3 is 11.1 Å². The standard InChI is InChI=1S/C16H15P.N3/c1-3-7-13(8-4-1)15-11-12-17-16(15)14-9-5-2-6-10-14;1-3-2/h1-10,15H,11-12H2;/q;-1. The maximum absolute atomic E-state index is 6.75. The maximum atomic E-state index is 6.75. The van der Waals surface area contributed by atoms with Crippen molar-refractivity contribution < 1.29 is 0 Å². The molecular formula is C16H15N3P-. The van der Waals surface area contributed by atoms with E-state index in [0.29, 0.717) is 5.92 Å². The lowest BCUT2D eigenvalue weighted by Gasteiger charge is -2.15. The van der Waals surface area contributed by atoms with Crippen LogP contribution in [0.5, 0.6) is 0 Å². The number of hydrogen-bond donors (Lipinski definition) is 0. The van der Waals surface area contributed by atoms with Crippen LogP contribution in [0.3, 0.4) is 0 Å². The summed E-state index contributed by atoms with van der Waals surface area (Å²) in [6.07, 6.45) is 2.58. The number of benzene rings is 2. The first-order valence-corrected chi connectivity index (χ1v) is 7.58. The van der Waals surface area contributed by atoms with Crippen LogP contribution in [0, 0.1) is 0 Å². The normalized spacial score (nSPS) is 17.4. The highest BCUT2D eigenvalue weighted by atomic mass is 31.1. The van der Waals surface area contributed by atoms with Crippen LogP contribution < -0.4 is 0 Å². The minimum atomic E-state index is 0.625. The zero-order valence-electron chi connectivity index (χ0n) is 11.1. The van der Waals surface area contributed by atoms with Crippen molar-refractivity contribution in [2.24, 2.45) is 0 Å². The highest BCUT2D eigenvalue weighted by Gasteiger charge is 2.22. The van der Waals surface area contributed by atoms with Crippen molar-refractivity contribution in [3.63, 3.8) is 0 Å². The van der Waals surface area contributed by atoms with Crippen molar-refractivity contribution in [2.75, 3.05) is 6.16 Å². The fourth-order valence-electron chi connectivity index (χ4n) is 2.47. The second-order valence-corrected chi connectivity index (χ2v) is 5.72. The largest absolute Gasteiger partial charge is 0.373 e. The van der Waals surface area contributed by atoms with Gasteiger partial charge >= 0.3 is 0 Å². The summed E-state index contributed by atoms with van der Waals surface area (Å²) in [7, 11) is 1.51. The van der Waals surface area contributed by atoms with E-state index in [9.17, 15) is 0 Å². The number of nitrogens with zero attached hydrogens (tertiary/aromatic N) is 3. The van der Waals surface area contributed by atoms with Gasteiger partial charge in [0.05, 0.1) is 0 Å². The first-order chi connectivity index (χ1) is 9.86. The third-order valence-corrected chi connectivity index (χ3v) is 4.69. The molecule has 1 heterocycles. The molecule has 2 aromatic carbocycles. The van der Waals surface area contributed by atoms with Crippen LogP contribution in [-0.2, 0) is 0 Å². The molecule has 0 amide bonds. The van der Waals surface area contributed by atoms with Crippen molar-refractivity contribution in [1.29, 1.82) is 0 Å². The molecule has 0 radical (unpaired) electrons. The average Bonchev–Trinajstić information content (AvgIpc) is 2.99. The number of hydrogen-bond acceptors (Lipinski definition) is 0. The van der Waals surface area contributed by atoms with Gasteiger partial charge in [-0.25, -0.2) is 0 Å². The van der Waals surface area contributed by atoms with Crippen LogP contribution in [0.15, 0.2) is 60.7 Å².